The second kappa shape index (κ2) is 5.52. The van der Waals surface area contributed by atoms with E-state index in [2.05, 4.69) is 37.1 Å². The van der Waals surface area contributed by atoms with Gasteiger partial charge in [-0.1, -0.05) is 11.6 Å². The molecule has 0 aromatic carbocycles. The summed E-state index contributed by atoms with van der Waals surface area (Å²) >= 11 is 0. The van der Waals surface area contributed by atoms with Crippen molar-refractivity contribution in [1.29, 1.82) is 0 Å². The van der Waals surface area contributed by atoms with Crippen molar-refractivity contribution < 1.29 is 0 Å². The van der Waals surface area contributed by atoms with Crippen LogP contribution in [0, 0.1) is 0 Å². The second-order valence-electron chi connectivity index (χ2n) is 4.61. The first-order chi connectivity index (χ1) is 6.63. The highest BCUT2D eigenvalue weighted by Crippen LogP contribution is 2.16. The molecule has 1 aliphatic heterocycles. The first kappa shape index (κ1) is 11.7. The molecule has 2 nitrogen and oxygen atoms in total. The topological polar surface area (TPSA) is 15.3 Å². The van der Waals surface area contributed by atoms with E-state index in [-0.39, 0.29) is 0 Å². The van der Waals surface area contributed by atoms with E-state index in [1.54, 1.807) is 5.57 Å². The molecule has 0 fully saturated rings. The Kier molecular flexibility index (Phi) is 4.63. The van der Waals surface area contributed by atoms with Crippen LogP contribution in [0.4, 0.5) is 0 Å². The van der Waals surface area contributed by atoms with Crippen LogP contribution >= 0.6 is 0 Å². The Morgan fingerprint density at radius 3 is 2.71 bits per heavy atom. The summed E-state index contributed by atoms with van der Waals surface area (Å²) in [5.74, 6) is 0. The van der Waals surface area contributed by atoms with Crippen LogP contribution in [0.25, 0.3) is 0 Å². The van der Waals surface area contributed by atoms with Crippen molar-refractivity contribution in [2.75, 3.05) is 20.1 Å². The van der Waals surface area contributed by atoms with Crippen LogP contribution < -0.4 is 5.32 Å². The predicted molar refractivity (Wildman–Crippen MR) is 62.5 cm³/mol. The summed E-state index contributed by atoms with van der Waals surface area (Å²) < 4.78 is 0. The average molecular weight is 196 g/mol. The summed E-state index contributed by atoms with van der Waals surface area (Å²) in [5, 5.41) is 3.30. The zero-order valence-electron chi connectivity index (χ0n) is 10.0. The number of nitrogens with one attached hydrogen (secondary N) is 1. The number of hydrogen-bond acceptors (Lipinski definition) is 2. The molecule has 2 heteroatoms. The van der Waals surface area contributed by atoms with Crippen LogP contribution in [0.1, 0.15) is 33.6 Å². The molecule has 14 heavy (non-hydrogen) atoms. The summed E-state index contributed by atoms with van der Waals surface area (Å²) in [5.41, 5.74) is 1.60. The van der Waals surface area contributed by atoms with E-state index in [0.29, 0.717) is 12.1 Å². The van der Waals surface area contributed by atoms with Gasteiger partial charge >= 0.3 is 0 Å². The Bertz CT molecular complexity index is 196. The standard InChI is InChI=1S/C12H24N2/c1-10(2)14-7-5-6-12(9-14)8-11(3)13-4/h6,10-11,13H,5,7-9H2,1-4H3. The van der Waals surface area contributed by atoms with Crippen LogP contribution in [-0.4, -0.2) is 37.1 Å². The Morgan fingerprint density at radius 2 is 2.14 bits per heavy atom. The highest BCUT2D eigenvalue weighted by atomic mass is 15.1. The lowest BCUT2D eigenvalue weighted by Gasteiger charge is -2.31. The average Bonchev–Trinajstić information content (AvgIpc) is 2.18. The van der Waals surface area contributed by atoms with Crippen LogP contribution in [0.15, 0.2) is 11.6 Å². The molecule has 1 unspecified atom stereocenters. The van der Waals surface area contributed by atoms with E-state index in [4.69, 9.17) is 0 Å². The smallest absolute Gasteiger partial charge is 0.0196 e. The van der Waals surface area contributed by atoms with E-state index in [0.717, 1.165) is 0 Å². The first-order valence-corrected chi connectivity index (χ1v) is 5.72. The first-order valence-electron chi connectivity index (χ1n) is 5.72. The Morgan fingerprint density at radius 1 is 1.43 bits per heavy atom. The van der Waals surface area contributed by atoms with Crippen LogP contribution in [0.3, 0.4) is 0 Å². The minimum Gasteiger partial charge on any atom is -0.317 e. The molecule has 0 saturated carbocycles. The molecule has 1 heterocycles. The quantitative estimate of drug-likeness (QED) is 0.692. The van der Waals surface area contributed by atoms with Crippen molar-refractivity contribution in [3.8, 4) is 0 Å². The summed E-state index contributed by atoms with van der Waals surface area (Å²) in [6.07, 6.45) is 4.84. The van der Waals surface area contributed by atoms with Gasteiger partial charge in [0, 0.05) is 25.2 Å². The van der Waals surface area contributed by atoms with Crippen molar-refractivity contribution in [2.24, 2.45) is 0 Å². The maximum Gasteiger partial charge on any atom is 0.0196 e. The number of hydrogen-bond donors (Lipinski definition) is 1. The van der Waals surface area contributed by atoms with E-state index >= 15 is 0 Å². The molecule has 1 atom stereocenters. The van der Waals surface area contributed by atoms with Crippen LogP contribution in [0.2, 0.25) is 0 Å². The van der Waals surface area contributed by atoms with Gasteiger partial charge in [0.25, 0.3) is 0 Å². The van der Waals surface area contributed by atoms with E-state index in [1.165, 1.54) is 25.9 Å². The summed E-state index contributed by atoms with van der Waals surface area (Å²) in [7, 11) is 2.04. The van der Waals surface area contributed by atoms with Crippen molar-refractivity contribution >= 4 is 0 Å². The molecule has 0 spiro atoms. The van der Waals surface area contributed by atoms with E-state index < -0.39 is 0 Å². The highest BCUT2D eigenvalue weighted by molar-refractivity contribution is 5.10. The zero-order chi connectivity index (χ0) is 10.6. The molecular formula is C12H24N2. The van der Waals surface area contributed by atoms with Gasteiger partial charge in [0.15, 0.2) is 0 Å². The number of rotatable bonds is 4. The third-order valence-corrected chi connectivity index (χ3v) is 3.05. The van der Waals surface area contributed by atoms with Gasteiger partial charge in [-0.3, -0.25) is 4.90 Å². The van der Waals surface area contributed by atoms with Crippen molar-refractivity contribution in [3.05, 3.63) is 11.6 Å². The van der Waals surface area contributed by atoms with Gasteiger partial charge in [-0.25, -0.2) is 0 Å². The molecule has 0 amide bonds. The molecule has 0 aromatic rings. The van der Waals surface area contributed by atoms with E-state index in [1.807, 2.05) is 7.05 Å². The Balaban J connectivity index is 2.43. The fourth-order valence-corrected chi connectivity index (χ4v) is 1.92. The molecule has 0 radical (unpaired) electrons. The molecule has 1 aliphatic rings. The highest BCUT2D eigenvalue weighted by Gasteiger charge is 2.15. The van der Waals surface area contributed by atoms with Gasteiger partial charge in [0.05, 0.1) is 0 Å². The minimum absolute atomic E-state index is 0.605. The molecule has 82 valence electrons. The maximum absolute atomic E-state index is 3.30. The van der Waals surface area contributed by atoms with Gasteiger partial charge in [-0.15, -0.1) is 0 Å². The number of nitrogens with zero attached hydrogens (tertiary/aromatic N) is 1. The predicted octanol–water partition coefficient (Wildman–Crippen LogP) is 2.02. The minimum atomic E-state index is 0.605. The van der Waals surface area contributed by atoms with Gasteiger partial charge in [-0.2, -0.15) is 0 Å². The Hall–Kier alpha value is -0.340. The zero-order valence-corrected chi connectivity index (χ0v) is 10.0. The summed E-state index contributed by atoms with van der Waals surface area (Å²) in [6, 6.07) is 1.29. The van der Waals surface area contributed by atoms with Crippen molar-refractivity contribution in [1.82, 2.24) is 10.2 Å². The largest absolute Gasteiger partial charge is 0.317 e. The second-order valence-corrected chi connectivity index (χ2v) is 4.61. The van der Waals surface area contributed by atoms with Crippen molar-refractivity contribution in [2.45, 2.75) is 45.7 Å². The maximum atomic E-state index is 3.30. The fraction of sp³-hybridized carbons (Fsp3) is 0.833. The fourth-order valence-electron chi connectivity index (χ4n) is 1.92. The van der Waals surface area contributed by atoms with Gasteiger partial charge in [-0.05, 0) is 40.7 Å². The Labute approximate surface area is 88.4 Å². The third kappa shape index (κ3) is 3.43. The SMILES string of the molecule is CNC(C)CC1=CCCN(C(C)C)C1. The molecule has 0 aliphatic carbocycles. The van der Waals surface area contributed by atoms with Crippen molar-refractivity contribution in [3.63, 3.8) is 0 Å². The van der Waals surface area contributed by atoms with Gasteiger partial charge in [0.1, 0.15) is 0 Å². The normalized spacial score (nSPS) is 21.1. The molecule has 1 rings (SSSR count). The summed E-state index contributed by atoms with van der Waals surface area (Å²) in [4.78, 5) is 2.55. The molecule has 1 N–H and O–H groups in total. The third-order valence-electron chi connectivity index (χ3n) is 3.05. The lowest BCUT2D eigenvalue weighted by molar-refractivity contribution is 0.232. The van der Waals surface area contributed by atoms with E-state index in [9.17, 15) is 0 Å². The lowest BCUT2D eigenvalue weighted by Crippen LogP contribution is -2.37. The molecular weight excluding hydrogens is 172 g/mol. The molecule has 0 bridgehead atoms. The van der Waals surface area contributed by atoms with Gasteiger partial charge in [0.2, 0.25) is 0 Å². The van der Waals surface area contributed by atoms with Crippen LogP contribution in [-0.2, 0) is 0 Å². The van der Waals surface area contributed by atoms with Gasteiger partial charge < -0.3 is 5.32 Å². The lowest BCUT2D eigenvalue weighted by atomic mass is 10.0. The summed E-state index contributed by atoms with van der Waals surface area (Å²) in [6.45, 7) is 9.21. The molecule has 0 saturated heterocycles. The van der Waals surface area contributed by atoms with Crippen LogP contribution in [0.5, 0.6) is 0 Å². The monoisotopic (exact) mass is 196 g/mol. The molecule has 0 aromatic heterocycles.